The molecule has 0 amide bonds. The summed E-state index contributed by atoms with van der Waals surface area (Å²) >= 11 is 3.11. The van der Waals surface area contributed by atoms with Crippen molar-refractivity contribution in [1.29, 1.82) is 0 Å². The van der Waals surface area contributed by atoms with Gasteiger partial charge in [-0.15, -0.1) is 0 Å². The van der Waals surface area contributed by atoms with Crippen molar-refractivity contribution in [3.8, 4) is 5.75 Å². The van der Waals surface area contributed by atoms with Gasteiger partial charge in [0.05, 0.1) is 10.9 Å². The Bertz CT molecular complexity index is 628. The van der Waals surface area contributed by atoms with Crippen molar-refractivity contribution in [2.45, 2.75) is 13.0 Å². The van der Waals surface area contributed by atoms with Gasteiger partial charge in [-0.3, -0.25) is 4.79 Å². The fourth-order valence-electron chi connectivity index (χ4n) is 1.74. The van der Waals surface area contributed by atoms with E-state index in [0.717, 1.165) is 5.56 Å². The highest BCUT2D eigenvalue weighted by atomic mass is 79.9. The Kier molecular flexibility index (Phi) is 4.74. The molecule has 3 nitrogen and oxygen atoms in total. The molecule has 0 fully saturated rings. The molecule has 0 saturated heterocycles. The molecule has 2 rings (SSSR count). The summed E-state index contributed by atoms with van der Waals surface area (Å²) in [5.74, 6) is -0.721. The zero-order chi connectivity index (χ0) is 14.5. The van der Waals surface area contributed by atoms with Gasteiger partial charge in [-0.1, -0.05) is 24.3 Å². The van der Waals surface area contributed by atoms with Crippen LogP contribution in [0.25, 0.3) is 0 Å². The fraction of sp³-hybridized carbons (Fsp3) is 0.133. The van der Waals surface area contributed by atoms with Crippen LogP contribution >= 0.6 is 15.9 Å². The minimum atomic E-state index is -0.912. The molecule has 2 aromatic rings. The second-order valence-corrected chi connectivity index (χ2v) is 5.07. The van der Waals surface area contributed by atoms with Gasteiger partial charge in [-0.05, 0) is 39.7 Å². The maximum Gasteiger partial charge on any atom is 0.307 e. The Labute approximate surface area is 124 Å². The summed E-state index contributed by atoms with van der Waals surface area (Å²) in [7, 11) is 0. The molecule has 0 radical (unpaired) electrons. The van der Waals surface area contributed by atoms with Crippen LogP contribution in [0.3, 0.4) is 0 Å². The molecule has 5 heteroatoms. The van der Waals surface area contributed by atoms with Gasteiger partial charge < -0.3 is 9.84 Å². The quantitative estimate of drug-likeness (QED) is 0.901. The summed E-state index contributed by atoms with van der Waals surface area (Å²) in [4.78, 5) is 10.8. The van der Waals surface area contributed by atoms with Gasteiger partial charge in [0.15, 0.2) is 0 Å². The first-order valence-corrected chi connectivity index (χ1v) is 6.72. The molecule has 0 spiro atoms. The lowest BCUT2D eigenvalue weighted by Gasteiger charge is -2.10. The number of rotatable bonds is 5. The second-order valence-electron chi connectivity index (χ2n) is 4.22. The van der Waals surface area contributed by atoms with E-state index in [1.165, 1.54) is 6.07 Å². The van der Waals surface area contributed by atoms with Gasteiger partial charge in [-0.25, -0.2) is 4.39 Å². The highest BCUT2D eigenvalue weighted by molar-refractivity contribution is 9.10. The minimum absolute atomic E-state index is 0.0940. The van der Waals surface area contributed by atoms with Crippen molar-refractivity contribution in [3.05, 3.63) is 63.9 Å². The molecule has 2 aromatic carbocycles. The first-order valence-electron chi connectivity index (χ1n) is 5.92. The maximum absolute atomic E-state index is 13.1. The zero-order valence-electron chi connectivity index (χ0n) is 10.5. The summed E-state index contributed by atoms with van der Waals surface area (Å²) in [5.41, 5.74) is 1.41. The first kappa shape index (κ1) is 14.5. The molecular weight excluding hydrogens is 327 g/mol. The van der Waals surface area contributed by atoms with E-state index in [1.54, 1.807) is 36.4 Å². The molecule has 0 atom stereocenters. The standard InChI is InChI=1S/C15H12BrFO3/c16-12-7-10(5-6-13(12)17)9-20-14-4-2-1-3-11(14)8-15(18)19/h1-7H,8-9H2,(H,18,19). The second kappa shape index (κ2) is 6.52. The van der Waals surface area contributed by atoms with Crippen LogP contribution in [0.5, 0.6) is 5.75 Å². The summed E-state index contributed by atoms with van der Waals surface area (Å²) in [6.07, 6.45) is -0.0940. The number of para-hydroxylation sites is 1. The van der Waals surface area contributed by atoms with Crippen molar-refractivity contribution in [1.82, 2.24) is 0 Å². The molecule has 0 bridgehead atoms. The number of carbonyl (C=O) groups is 1. The van der Waals surface area contributed by atoms with E-state index in [2.05, 4.69) is 15.9 Å². The van der Waals surface area contributed by atoms with E-state index < -0.39 is 5.97 Å². The highest BCUT2D eigenvalue weighted by Crippen LogP contribution is 2.22. The van der Waals surface area contributed by atoms with Crippen molar-refractivity contribution in [2.75, 3.05) is 0 Å². The third-order valence-electron chi connectivity index (χ3n) is 2.69. The lowest BCUT2D eigenvalue weighted by atomic mass is 10.1. The number of benzene rings is 2. The normalized spacial score (nSPS) is 10.3. The largest absolute Gasteiger partial charge is 0.489 e. The van der Waals surface area contributed by atoms with E-state index in [0.29, 0.717) is 15.8 Å². The molecule has 0 saturated carbocycles. The third kappa shape index (κ3) is 3.81. The molecule has 0 aromatic heterocycles. The van der Waals surface area contributed by atoms with E-state index in [4.69, 9.17) is 9.84 Å². The van der Waals surface area contributed by atoms with Crippen molar-refractivity contribution in [2.24, 2.45) is 0 Å². The van der Waals surface area contributed by atoms with Crippen LogP contribution in [0.4, 0.5) is 4.39 Å². The Morgan fingerprint density at radius 2 is 2.00 bits per heavy atom. The molecule has 1 N–H and O–H groups in total. The zero-order valence-corrected chi connectivity index (χ0v) is 12.1. The summed E-state index contributed by atoms with van der Waals surface area (Å²) in [5, 5.41) is 8.84. The third-order valence-corrected chi connectivity index (χ3v) is 3.30. The number of halogens is 2. The topological polar surface area (TPSA) is 46.5 Å². The monoisotopic (exact) mass is 338 g/mol. The van der Waals surface area contributed by atoms with Crippen LogP contribution in [0.1, 0.15) is 11.1 Å². The van der Waals surface area contributed by atoms with Crippen molar-refractivity contribution in [3.63, 3.8) is 0 Å². The Morgan fingerprint density at radius 1 is 1.25 bits per heavy atom. The SMILES string of the molecule is O=C(O)Cc1ccccc1OCc1ccc(F)c(Br)c1. The number of ether oxygens (including phenoxy) is 1. The number of hydrogen-bond acceptors (Lipinski definition) is 2. The van der Waals surface area contributed by atoms with Crippen LogP contribution < -0.4 is 4.74 Å². The van der Waals surface area contributed by atoms with Crippen molar-refractivity contribution < 1.29 is 19.0 Å². The van der Waals surface area contributed by atoms with Crippen LogP contribution in [-0.2, 0) is 17.8 Å². The Morgan fingerprint density at radius 3 is 2.70 bits per heavy atom. The molecule has 0 aliphatic rings. The lowest BCUT2D eigenvalue weighted by molar-refractivity contribution is -0.136. The maximum atomic E-state index is 13.1. The van der Waals surface area contributed by atoms with Gasteiger partial charge in [0.2, 0.25) is 0 Å². The van der Waals surface area contributed by atoms with Crippen molar-refractivity contribution >= 4 is 21.9 Å². The van der Waals surface area contributed by atoms with E-state index >= 15 is 0 Å². The summed E-state index contributed by atoms with van der Waals surface area (Å²) in [6, 6.07) is 11.6. The van der Waals surface area contributed by atoms with Crippen LogP contribution in [0.15, 0.2) is 46.9 Å². The molecule has 0 aliphatic heterocycles. The number of carboxylic acid groups (broad SMARTS) is 1. The molecule has 0 unspecified atom stereocenters. The van der Waals surface area contributed by atoms with Gasteiger partial charge in [-0.2, -0.15) is 0 Å². The predicted octanol–water partition coefficient (Wildman–Crippen LogP) is 3.79. The number of aliphatic carboxylic acids is 1. The number of carboxylic acids is 1. The minimum Gasteiger partial charge on any atom is -0.489 e. The number of hydrogen-bond donors (Lipinski definition) is 1. The average molecular weight is 339 g/mol. The fourth-order valence-corrected chi connectivity index (χ4v) is 2.17. The lowest BCUT2D eigenvalue weighted by Crippen LogP contribution is -2.04. The van der Waals surface area contributed by atoms with E-state index in [1.807, 2.05) is 0 Å². The Hall–Kier alpha value is -1.88. The van der Waals surface area contributed by atoms with E-state index in [9.17, 15) is 9.18 Å². The van der Waals surface area contributed by atoms with Gasteiger partial charge >= 0.3 is 5.97 Å². The predicted molar refractivity (Wildman–Crippen MR) is 76.2 cm³/mol. The van der Waals surface area contributed by atoms with Gasteiger partial charge in [0, 0.05) is 5.56 Å². The van der Waals surface area contributed by atoms with Crippen LogP contribution in [0.2, 0.25) is 0 Å². The highest BCUT2D eigenvalue weighted by Gasteiger charge is 2.08. The molecule has 0 heterocycles. The Balaban J connectivity index is 2.10. The molecule has 20 heavy (non-hydrogen) atoms. The molecular formula is C15H12BrFO3. The van der Waals surface area contributed by atoms with Crippen LogP contribution in [0, 0.1) is 5.82 Å². The molecule has 104 valence electrons. The first-order chi connectivity index (χ1) is 9.56. The molecule has 0 aliphatic carbocycles. The average Bonchev–Trinajstić information content (AvgIpc) is 2.41. The summed E-state index contributed by atoms with van der Waals surface area (Å²) in [6.45, 7) is 0.246. The van der Waals surface area contributed by atoms with Gasteiger partial charge in [0.25, 0.3) is 0 Å². The van der Waals surface area contributed by atoms with E-state index in [-0.39, 0.29) is 18.8 Å². The van der Waals surface area contributed by atoms with Crippen LogP contribution in [-0.4, -0.2) is 11.1 Å². The smallest absolute Gasteiger partial charge is 0.307 e. The summed E-state index contributed by atoms with van der Waals surface area (Å²) < 4.78 is 19.1. The van der Waals surface area contributed by atoms with Gasteiger partial charge in [0.1, 0.15) is 18.2 Å².